The molecule has 0 amide bonds. The van der Waals surface area contributed by atoms with Gasteiger partial charge in [-0.2, -0.15) is 0 Å². The van der Waals surface area contributed by atoms with Crippen LogP contribution in [-0.2, 0) is 0 Å². The maximum absolute atomic E-state index is 3.88. The fourth-order valence-electron chi connectivity index (χ4n) is 3.90. The average molecular weight is 287 g/mol. The van der Waals surface area contributed by atoms with Crippen LogP contribution in [0.3, 0.4) is 0 Å². The second-order valence-electron chi connectivity index (χ2n) is 6.08. The summed E-state index contributed by atoms with van der Waals surface area (Å²) in [5, 5.41) is 0. The van der Waals surface area contributed by atoms with Crippen LogP contribution in [0.4, 0.5) is 0 Å². The smallest absolute Gasteiger partial charge is 0.0148 e. The van der Waals surface area contributed by atoms with E-state index < -0.39 is 0 Å². The number of halogens is 1. The van der Waals surface area contributed by atoms with E-state index in [1.54, 1.807) is 6.42 Å². The number of hydrogen-bond acceptors (Lipinski definition) is 0. The molecular weight excluding hydrogens is 260 g/mol. The molecule has 0 radical (unpaired) electrons. The molecule has 0 aromatic carbocycles. The molecule has 0 heterocycles. The third kappa shape index (κ3) is 3.48. The summed E-state index contributed by atoms with van der Waals surface area (Å²) in [6.07, 6.45) is 14.8. The third-order valence-electron chi connectivity index (χ3n) is 4.97. The van der Waals surface area contributed by atoms with Gasteiger partial charge in [-0.15, -0.1) is 0 Å². The zero-order chi connectivity index (χ0) is 11.4. The van der Waals surface area contributed by atoms with Crippen LogP contribution in [-0.4, -0.2) is 4.83 Å². The minimum Gasteiger partial charge on any atom is -0.0891 e. The van der Waals surface area contributed by atoms with Gasteiger partial charge in [0.15, 0.2) is 0 Å². The van der Waals surface area contributed by atoms with E-state index in [1.165, 1.54) is 57.8 Å². The SMILES string of the molecule is CCC1CCCC(C2CCCCC(Br)C2)C1. The highest BCUT2D eigenvalue weighted by Crippen LogP contribution is 2.41. The van der Waals surface area contributed by atoms with Gasteiger partial charge in [-0.25, -0.2) is 0 Å². The molecule has 2 rings (SSSR count). The van der Waals surface area contributed by atoms with Crippen LogP contribution in [0.15, 0.2) is 0 Å². The topological polar surface area (TPSA) is 0 Å². The predicted molar refractivity (Wildman–Crippen MR) is 75.0 cm³/mol. The van der Waals surface area contributed by atoms with E-state index in [0.717, 1.165) is 22.6 Å². The number of rotatable bonds is 2. The molecule has 0 bridgehead atoms. The van der Waals surface area contributed by atoms with Gasteiger partial charge in [-0.1, -0.05) is 67.8 Å². The molecule has 0 aromatic rings. The van der Waals surface area contributed by atoms with Crippen LogP contribution in [0.2, 0.25) is 0 Å². The summed E-state index contributed by atoms with van der Waals surface area (Å²) in [4.78, 5) is 0.821. The molecule has 0 aromatic heterocycles. The van der Waals surface area contributed by atoms with Gasteiger partial charge in [0.1, 0.15) is 0 Å². The molecule has 2 saturated carbocycles. The van der Waals surface area contributed by atoms with Crippen molar-refractivity contribution >= 4 is 15.9 Å². The Labute approximate surface area is 110 Å². The molecular formula is C15H27Br. The Balaban J connectivity index is 1.89. The Hall–Kier alpha value is 0.480. The zero-order valence-electron chi connectivity index (χ0n) is 10.8. The minimum absolute atomic E-state index is 0.821. The van der Waals surface area contributed by atoms with E-state index in [9.17, 15) is 0 Å². The molecule has 2 aliphatic rings. The van der Waals surface area contributed by atoms with Crippen molar-refractivity contribution in [1.29, 1.82) is 0 Å². The fraction of sp³-hybridized carbons (Fsp3) is 1.00. The van der Waals surface area contributed by atoms with Crippen molar-refractivity contribution in [3.8, 4) is 0 Å². The highest BCUT2D eigenvalue weighted by atomic mass is 79.9. The average Bonchev–Trinajstić information content (AvgIpc) is 2.54. The Morgan fingerprint density at radius 1 is 0.875 bits per heavy atom. The lowest BCUT2D eigenvalue weighted by Gasteiger charge is -2.34. The monoisotopic (exact) mass is 286 g/mol. The van der Waals surface area contributed by atoms with Crippen molar-refractivity contribution in [2.75, 3.05) is 0 Å². The lowest BCUT2D eigenvalue weighted by molar-refractivity contribution is 0.178. The first-order valence-corrected chi connectivity index (χ1v) is 8.35. The van der Waals surface area contributed by atoms with Gasteiger partial charge < -0.3 is 0 Å². The van der Waals surface area contributed by atoms with E-state index in [0.29, 0.717) is 0 Å². The second-order valence-corrected chi connectivity index (χ2v) is 7.37. The normalized spacial score (nSPS) is 41.6. The quantitative estimate of drug-likeness (QED) is 0.461. The first kappa shape index (κ1) is 12.9. The Morgan fingerprint density at radius 3 is 2.38 bits per heavy atom. The van der Waals surface area contributed by atoms with Crippen molar-refractivity contribution < 1.29 is 0 Å². The molecule has 0 saturated heterocycles. The summed E-state index contributed by atoms with van der Waals surface area (Å²) in [6, 6.07) is 0. The summed E-state index contributed by atoms with van der Waals surface area (Å²) >= 11 is 3.88. The maximum atomic E-state index is 3.88. The molecule has 1 heteroatoms. The molecule has 0 nitrogen and oxygen atoms in total. The van der Waals surface area contributed by atoms with Crippen LogP contribution in [0.25, 0.3) is 0 Å². The molecule has 0 aliphatic heterocycles. The summed E-state index contributed by atoms with van der Waals surface area (Å²) in [5.41, 5.74) is 0. The van der Waals surface area contributed by atoms with Crippen molar-refractivity contribution in [3.63, 3.8) is 0 Å². The molecule has 2 fully saturated rings. The number of alkyl halides is 1. The minimum atomic E-state index is 0.821. The van der Waals surface area contributed by atoms with Crippen LogP contribution < -0.4 is 0 Å². The van der Waals surface area contributed by atoms with Gasteiger partial charge in [-0.3, -0.25) is 0 Å². The van der Waals surface area contributed by atoms with Gasteiger partial charge in [0.25, 0.3) is 0 Å². The van der Waals surface area contributed by atoms with Gasteiger partial charge in [0, 0.05) is 4.83 Å². The molecule has 4 atom stereocenters. The molecule has 16 heavy (non-hydrogen) atoms. The van der Waals surface area contributed by atoms with Gasteiger partial charge in [-0.05, 0) is 37.0 Å². The maximum Gasteiger partial charge on any atom is 0.0148 e. The number of hydrogen-bond donors (Lipinski definition) is 0. The summed E-state index contributed by atoms with van der Waals surface area (Å²) in [7, 11) is 0. The third-order valence-corrected chi connectivity index (χ3v) is 5.80. The Bertz CT molecular complexity index is 202. The van der Waals surface area contributed by atoms with E-state index in [4.69, 9.17) is 0 Å². The zero-order valence-corrected chi connectivity index (χ0v) is 12.3. The molecule has 4 unspecified atom stereocenters. The summed E-state index contributed by atoms with van der Waals surface area (Å²) < 4.78 is 0. The first-order chi connectivity index (χ1) is 7.79. The standard InChI is InChI=1S/C15H27Br/c1-2-12-6-5-8-13(10-12)14-7-3-4-9-15(16)11-14/h12-15H,2-11H2,1H3. The summed E-state index contributed by atoms with van der Waals surface area (Å²) in [6.45, 7) is 2.38. The molecule has 2 aliphatic carbocycles. The highest BCUT2D eigenvalue weighted by molar-refractivity contribution is 9.09. The second kappa shape index (κ2) is 6.42. The van der Waals surface area contributed by atoms with E-state index in [1.807, 2.05) is 0 Å². The van der Waals surface area contributed by atoms with Gasteiger partial charge >= 0.3 is 0 Å². The largest absolute Gasteiger partial charge is 0.0891 e. The van der Waals surface area contributed by atoms with E-state index in [2.05, 4.69) is 22.9 Å². The van der Waals surface area contributed by atoms with Crippen LogP contribution in [0.5, 0.6) is 0 Å². The van der Waals surface area contributed by atoms with Crippen LogP contribution in [0.1, 0.15) is 71.1 Å². The highest BCUT2D eigenvalue weighted by Gasteiger charge is 2.29. The fourth-order valence-corrected chi connectivity index (χ4v) is 4.70. The predicted octanol–water partition coefficient (Wildman–Crippen LogP) is 5.55. The van der Waals surface area contributed by atoms with Gasteiger partial charge in [0.2, 0.25) is 0 Å². The molecule has 0 N–H and O–H groups in total. The van der Waals surface area contributed by atoms with Crippen LogP contribution >= 0.6 is 15.9 Å². The lowest BCUT2D eigenvalue weighted by atomic mass is 9.72. The van der Waals surface area contributed by atoms with Crippen LogP contribution in [0, 0.1) is 17.8 Å². The van der Waals surface area contributed by atoms with Gasteiger partial charge in [0.05, 0.1) is 0 Å². The van der Waals surface area contributed by atoms with E-state index >= 15 is 0 Å². The summed E-state index contributed by atoms with van der Waals surface area (Å²) in [5.74, 6) is 3.16. The lowest BCUT2D eigenvalue weighted by Crippen LogP contribution is -2.23. The van der Waals surface area contributed by atoms with Crippen molar-refractivity contribution in [1.82, 2.24) is 0 Å². The van der Waals surface area contributed by atoms with Crippen molar-refractivity contribution in [2.45, 2.75) is 76.0 Å². The van der Waals surface area contributed by atoms with Crippen molar-refractivity contribution in [2.24, 2.45) is 17.8 Å². The molecule has 0 spiro atoms. The molecule has 94 valence electrons. The van der Waals surface area contributed by atoms with Crippen molar-refractivity contribution in [3.05, 3.63) is 0 Å². The Morgan fingerprint density at radius 2 is 1.56 bits per heavy atom. The Kier molecular flexibility index (Phi) is 5.19. The first-order valence-electron chi connectivity index (χ1n) is 7.43. The van der Waals surface area contributed by atoms with E-state index in [-0.39, 0.29) is 0 Å².